The molecule has 0 aliphatic carbocycles. The molecule has 2 nitrogen and oxygen atoms in total. The number of rotatable bonds is 1. The fraction of sp³-hybridized carbons (Fsp3) is 0.750. The van der Waals surface area contributed by atoms with Crippen LogP contribution in [0.4, 0.5) is 0 Å². The largest absolute Gasteiger partial charge is 0.336 e. The normalized spacial score (nSPS) is 33.7. The van der Waals surface area contributed by atoms with Gasteiger partial charge in [0, 0.05) is 12.6 Å². The standard InChI is InChI=1S/C12H21NO/c1-5-6-12(14)13-8-9(2)7-10(3)11(13)4/h5-6,9-11H,7-8H2,1-4H3/b6-5+. The van der Waals surface area contributed by atoms with Gasteiger partial charge in [-0.1, -0.05) is 19.9 Å². The first-order chi connectivity index (χ1) is 6.56. The Morgan fingerprint density at radius 1 is 1.36 bits per heavy atom. The third kappa shape index (κ3) is 2.37. The summed E-state index contributed by atoms with van der Waals surface area (Å²) in [4.78, 5) is 13.7. The maximum atomic E-state index is 11.7. The van der Waals surface area contributed by atoms with Crippen LogP contribution in [0.5, 0.6) is 0 Å². The highest BCUT2D eigenvalue weighted by Crippen LogP contribution is 2.26. The van der Waals surface area contributed by atoms with E-state index in [0.717, 1.165) is 6.54 Å². The van der Waals surface area contributed by atoms with Crippen LogP contribution in [0.1, 0.15) is 34.1 Å². The summed E-state index contributed by atoms with van der Waals surface area (Å²) in [5, 5.41) is 0. The van der Waals surface area contributed by atoms with Crippen molar-refractivity contribution in [2.75, 3.05) is 6.54 Å². The summed E-state index contributed by atoms with van der Waals surface area (Å²) in [6, 6.07) is 0.384. The van der Waals surface area contributed by atoms with Crippen LogP contribution in [0, 0.1) is 11.8 Å². The minimum atomic E-state index is 0.165. The molecule has 1 aliphatic rings. The van der Waals surface area contributed by atoms with E-state index in [4.69, 9.17) is 0 Å². The molecule has 1 heterocycles. The molecule has 3 atom stereocenters. The van der Waals surface area contributed by atoms with Gasteiger partial charge < -0.3 is 4.90 Å². The average molecular weight is 195 g/mol. The van der Waals surface area contributed by atoms with Gasteiger partial charge in [0.25, 0.3) is 0 Å². The van der Waals surface area contributed by atoms with Crippen molar-refractivity contribution in [3.63, 3.8) is 0 Å². The first kappa shape index (κ1) is 11.3. The molecule has 80 valence electrons. The molecule has 0 saturated carbocycles. The molecule has 0 aromatic carbocycles. The molecular weight excluding hydrogens is 174 g/mol. The van der Waals surface area contributed by atoms with E-state index in [2.05, 4.69) is 20.8 Å². The van der Waals surface area contributed by atoms with Crippen LogP contribution in [0.25, 0.3) is 0 Å². The second kappa shape index (κ2) is 4.63. The number of nitrogens with zero attached hydrogens (tertiary/aromatic N) is 1. The van der Waals surface area contributed by atoms with E-state index in [1.54, 1.807) is 6.08 Å². The van der Waals surface area contributed by atoms with Gasteiger partial charge >= 0.3 is 0 Å². The van der Waals surface area contributed by atoms with Crippen molar-refractivity contribution >= 4 is 5.91 Å². The topological polar surface area (TPSA) is 20.3 Å². The predicted octanol–water partition coefficient (Wildman–Crippen LogP) is 2.46. The highest BCUT2D eigenvalue weighted by molar-refractivity contribution is 5.87. The molecule has 0 aromatic rings. The molecule has 0 spiro atoms. The van der Waals surface area contributed by atoms with Gasteiger partial charge in [-0.25, -0.2) is 0 Å². The van der Waals surface area contributed by atoms with Crippen LogP contribution >= 0.6 is 0 Å². The Morgan fingerprint density at radius 2 is 2.00 bits per heavy atom. The molecule has 3 unspecified atom stereocenters. The van der Waals surface area contributed by atoms with Crippen molar-refractivity contribution in [1.82, 2.24) is 4.90 Å². The number of carbonyl (C=O) groups excluding carboxylic acids is 1. The van der Waals surface area contributed by atoms with Gasteiger partial charge in [-0.05, 0) is 38.2 Å². The van der Waals surface area contributed by atoms with Crippen LogP contribution in [0.2, 0.25) is 0 Å². The van der Waals surface area contributed by atoms with Crippen LogP contribution in [0.3, 0.4) is 0 Å². The van der Waals surface area contributed by atoms with Crippen molar-refractivity contribution in [3.8, 4) is 0 Å². The van der Waals surface area contributed by atoms with E-state index < -0.39 is 0 Å². The maximum Gasteiger partial charge on any atom is 0.246 e. The lowest BCUT2D eigenvalue weighted by atomic mass is 9.86. The van der Waals surface area contributed by atoms with Crippen LogP contribution in [-0.4, -0.2) is 23.4 Å². The highest BCUT2D eigenvalue weighted by atomic mass is 16.2. The SMILES string of the molecule is C/C=C/C(=O)N1CC(C)CC(C)C1C. The van der Waals surface area contributed by atoms with E-state index in [9.17, 15) is 4.79 Å². The van der Waals surface area contributed by atoms with Gasteiger partial charge in [0.15, 0.2) is 0 Å². The minimum Gasteiger partial charge on any atom is -0.336 e. The van der Waals surface area contributed by atoms with Gasteiger partial charge in [0.05, 0.1) is 0 Å². The maximum absolute atomic E-state index is 11.7. The van der Waals surface area contributed by atoms with E-state index in [1.165, 1.54) is 6.42 Å². The van der Waals surface area contributed by atoms with Crippen LogP contribution in [-0.2, 0) is 4.79 Å². The van der Waals surface area contributed by atoms with Gasteiger partial charge in [-0.2, -0.15) is 0 Å². The van der Waals surface area contributed by atoms with E-state index in [1.807, 2.05) is 17.9 Å². The number of piperidine rings is 1. The summed E-state index contributed by atoms with van der Waals surface area (Å²) in [5.74, 6) is 1.42. The number of allylic oxidation sites excluding steroid dienone is 1. The average Bonchev–Trinajstić information content (AvgIpc) is 2.11. The molecule has 1 aliphatic heterocycles. The molecule has 1 amide bonds. The van der Waals surface area contributed by atoms with Crippen molar-refractivity contribution in [2.24, 2.45) is 11.8 Å². The first-order valence-corrected chi connectivity index (χ1v) is 5.49. The number of amides is 1. The molecule has 1 saturated heterocycles. The lowest BCUT2D eigenvalue weighted by molar-refractivity contribution is -0.131. The second-order valence-electron chi connectivity index (χ2n) is 4.55. The van der Waals surface area contributed by atoms with Gasteiger partial charge in [0.2, 0.25) is 5.91 Å². The van der Waals surface area contributed by atoms with E-state index >= 15 is 0 Å². The Hall–Kier alpha value is -0.790. The zero-order chi connectivity index (χ0) is 10.7. The zero-order valence-electron chi connectivity index (χ0n) is 9.66. The molecule has 2 heteroatoms. The Morgan fingerprint density at radius 3 is 2.57 bits per heavy atom. The molecular formula is C12H21NO. The van der Waals surface area contributed by atoms with Crippen LogP contribution < -0.4 is 0 Å². The highest BCUT2D eigenvalue weighted by Gasteiger charge is 2.30. The Balaban J connectivity index is 2.70. The number of likely N-dealkylation sites (tertiary alicyclic amines) is 1. The quantitative estimate of drug-likeness (QED) is 0.589. The molecule has 0 aromatic heterocycles. The number of hydrogen-bond acceptors (Lipinski definition) is 1. The Bertz CT molecular complexity index is 234. The second-order valence-corrected chi connectivity index (χ2v) is 4.55. The zero-order valence-corrected chi connectivity index (χ0v) is 9.66. The number of carbonyl (C=O) groups is 1. The van der Waals surface area contributed by atoms with Gasteiger partial charge in [-0.15, -0.1) is 0 Å². The predicted molar refractivity (Wildman–Crippen MR) is 58.9 cm³/mol. The summed E-state index contributed by atoms with van der Waals surface area (Å²) in [7, 11) is 0. The fourth-order valence-electron chi connectivity index (χ4n) is 2.24. The van der Waals surface area contributed by atoms with E-state index in [0.29, 0.717) is 17.9 Å². The summed E-state index contributed by atoms with van der Waals surface area (Å²) in [5.41, 5.74) is 0. The van der Waals surface area contributed by atoms with Crippen molar-refractivity contribution in [3.05, 3.63) is 12.2 Å². The first-order valence-electron chi connectivity index (χ1n) is 5.49. The smallest absolute Gasteiger partial charge is 0.246 e. The lowest BCUT2D eigenvalue weighted by Crippen LogP contribution is -2.48. The minimum absolute atomic E-state index is 0.165. The molecule has 0 bridgehead atoms. The van der Waals surface area contributed by atoms with Gasteiger partial charge in [0.1, 0.15) is 0 Å². The Labute approximate surface area is 87.0 Å². The monoisotopic (exact) mass is 195 g/mol. The fourth-order valence-corrected chi connectivity index (χ4v) is 2.24. The summed E-state index contributed by atoms with van der Waals surface area (Å²) < 4.78 is 0. The van der Waals surface area contributed by atoms with Crippen molar-refractivity contribution < 1.29 is 4.79 Å². The van der Waals surface area contributed by atoms with Gasteiger partial charge in [-0.3, -0.25) is 4.79 Å². The van der Waals surface area contributed by atoms with Crippen molar-refractivity contribution in [1.29, 1.82) is 0 Å². The molecule has 14 heavy (non-hydrogen) atoms. The third-order valence-electron chi connectivity index (χ3n) is 3.19. The Kier molecular flexibility index (Phi) is 3.73. The van der Waals surface area contributed by atoms with E-state index in [-0.39, 0.29) is 5.91 Å². The molecule has 1 fully saturated rings. The van der Waals surface area contributed by atoms with Crippen molar-refractivity contribution in [2.45, 2.75) is 40.2 Å². The summed E-state index contributed by atoms with van der Waals surface area (Å²) in [6.45, 7) is 9.40. The van der Waals surface area contributed by atoms with Crippen LogP contribution in [0.15, 0.2) is 12.2 Å². The number of hydrogen-bond donors (Lipinski definition) is 0. The lowest BCUT2D eigenvalue weighted by Gasteiger charge is -2.40. The summed E-state index contributed by atoms with van der Waals surface area (Å²) in [6.07, 6.45) is 4.72. The third-order valence-corrected chi connectivity index (χ3v) is 3.19. The molecule has 1 rings (SSSR count). The summed E-state index contributed by atoms with van der Waals surface area (Å²) >= 11 is 0. The molecule has 0 radical (unpaired) electrons. The molecule has 0 N–H and O–H groups in total.